The third-order valence-corrected chi connectivity index (χ3v) is 9.07. The van der Waals surface area contributed by atoms with Gasteiger partial charge < -0.3 is 29.5 Å². The first-order valence-electron chi connectivity index (χ1n) is 13.6. The number of halogens is 2. The van der Waals surface area contributed by atoms with Crippen molar-refractivity contribution in [2.45, 2.75) is 47.2 Å². The van der Waals surface area contributed by atoms with Gasteiger partial charge in [0.1, 0.15) is 58.9 Å². The quantitative estimate of drug-likeness (QED) is 0.266. The molecule has 43 heavy (non-hydrogen) atoms. The summed E-state index contributed by atoms with van der Waals surface area (Å²) in [5.74, 6) is -0.821. The minimum Gasteiger partial charge on any atom is -0.394 e. The van der Waals surface area contributed by atoms with E-state index in [-0.39, 0.29) is 13.2 Å². The molecule has 0 radical (unpaired) electrons. The molecule has 0 bridgehead atoms. The zero-order chi connectivity index (χ0) is 30.1. The van der Waals surface area contributed by atoms with E-state index in [4.69, 9.17) is 14.2 Å². The van der Waals surface area contributed by atoms with Crippen LogP contribution in [0.3, 0.4) is 0 Å². The summed E-state index contributed by atoms with van der Waals surface area (Å²) in [5.41, 5.74) is 1.13. The van der Waals surface area contributed by atoms with E-state index in [1.54, 1.807) is 36.7 Å². The molecule has 8 atom stereocenters. The summed E-state index contributed by atoms with van der Waals surface area (Å²) in [6.07, 6.45) is -0.744. The van der Waals surface area contributed by atoms with Gasteiger partial charge in [-0.15, -0.1) is 22.0 Å². The van der Waals surface area contributed by atoms with Crippen LogP contribution in [-0.4, -0.2) is 107 Å². The summed E-state index contributed by atoms with van der Waals surface area (Å²) < 4.78 is 48.2. The van der Waals surface area contributed by atoms with Crippen molar-refractivity contribution in [3.63, 3.8) is 0 Å². The van der Waals surface area contributed by atoms with Crippen molar-refractivity contribution in [2.75, 3.05) is 26.9 Å². The van der Waals surface area contributed by atoms with Gasteiger partial charge in [-0.3, -0.25) is 0 Å². The number of nitrogens with zero attached hydrogens (tertiary/aromatic N) is 6. The maximum Gasteiger partial charge on any atom is 0.132 e. The third-order valence-electron chi connectivity index (χ3n) is 7.66. The van der Waals surface area contributed by atoms with Gasteiger partial charge in [-0.25, -0.2) is 18.1 Å². The number of aliphatic hydroxyl groups is 3. The zero-order valence-electron chi connectivity index (χ0n) is 22.9. The van der Waals surface area contributed by atoms with Crippen molar-refractivity contribution in [1.29, 1.82) is 0 Å². The van der Waals surface area contributed by atoms with Gasteiger partial charge in [-0.05, 0) is 24.3 Å². The summed E-state index contributed by atoms with van der Waals surface area (Å²) in [7, 11) is 1.46. The van der Waals surface area contributed by atoms with E-state index in [1.807, 2.05) is 0 Å². The van der Waals surface area contributed by atoms with Gasteiger partial charge >= 0.3 is 0 Å². The molecule has 2 fully saturated rings. The third kappa shape index (κ3) is 6.06. The predicted octanol–water partition coefficient (Wildman–Crippen LogP) is 1.85. The molecule has 2 aliphatic heterocycles. The van der Waals surface area contributed by atoms with E-state index in [1.165, 1.54) is 52.5 Å². The molecule has 2 saturated heterocycles. The monoisotopic (exact) mass is 616 g/mol. The van der Waals surface area contributed by atoms with Crippen LogP contribution in [0.15, 0.2) is 60.9 Å². The topological polar surface area (TPSA) is 150 Å². The minimum atomic E-state index is -1.22. The summed E-state index contributed by atoms with van der Waals surface area (Å²) in [4.78, 5) is 0. The molecule has 4 heterocycles. The fraction of sp³-hybridized carbons (Fsp3) is 0.429. The molecule has 2 aromatic heterocycles. The molecule has 0 unspecified atom stereocenters. The number of benzene rings is 2. The molecule has 4 aromatic rings. The molecule has 3 N–H and O–H groups in total. The highest BCUT2D eigenvalue weighted by atomic mass is 32.2. The molecule has 2 aliphatic rings. The summed E-state index contributed by atoms with van der Waals surface area (Å²) >= 11 is 1.24. The Morgan fingerprint density at radius 3 is 2.16 bits per heavy atom. The van der Waals surface area contributed by atoms with Crippen LogP contribution < -0.4 is 0 Å². The second-order valence-corrected chi connectivity index (χ2v) is 11.7. The van der Waals surface area contributed by atoms with Crippen LogP contribution in [-0.2, 0) is 14.2 Å². The number of hydrogen-bond acceptors (Lipinski definition) is 11. The summed E-state index contributed by atoms with van der Waals surface area (Å²) in [5, 5.41) is 48.7. The average Bonchev–Trinajstić information content (AvgIpc) is 3.70. The Balaban J connectivity index is 1.22. The fourth-order valence-electron chi connectivity index (χ4n) is 5.42. The molecule has 0 spiro atoms. The molecule has 0 aliphatic carbocycles. The first-order valence-corrected chi connectivity index (χ1v) is 14.5. The number of ether oxygens (including phenoxy) is 3. The van der Waals surface area contributed by atoms with Crippen LogP contribution in [0.25, 0.3) is 22.5 Å². The highest BCUT2D eigenvalue weighted by Crippen LogP contribution is 2.41. The van der Waals surface area contributed by atoms with Crippen LogP contribution in [0.2, 0.25) is 0 Å². The Hall–Kier alpha value is -3.31. The number of rotatable bonds is 8. The number of aromatic nitrogens is 6. The zero-order valence-corrected chi connectivity index (χ0v) is 23.7. The van der Waals surface area contributed by atoms with Crippen LogP contribution in [0.5, 0.6) is 0 Å². The highest BCUT2D eigenvalue weighted by Gasteiger charge is 2.49. The fourth-order valence-corrected chi connectivity index (χ4v) is 6.92. The predicted molar refractivity (Wildman–Crippen MR) is 150 cm³/mol. The van der Waals surface area contributed by atoms with Gasteiger partial charge in [0.15, 0.2) is 0 Å². The van der Waals surface area contributed by atoms with E-state index in [9.17, 15) is 24.1 Å². The normalized spacial score (nSPS) is 29.5. The van der Waals surface area contributed by atoms with E-state index in [0.717, 1.165) is 0 Å². The Labute approximate surface area is 249 Å². The van der Waals surface area contributed by atoms with Crippen molar-refractivity contribution >= 4 is 11.8 Å². The van der Waals surface area contributed by atoms with E-state index in [2.05, 4.69) is 20.6 Å². The van der Waals surface area contributed by atoms with Crippen molar-refractivity contribution in [3.05, 3.63) is 72.6 Å². The van der Waals surface area contributed by atoms with Gasteiger partial charge in [0.05, 0.1) is 43.6 Å². The van der Waals surface area contributed by atoms with Gasteiger partial charge in [0.2, 0.25) is 0 Å². The van der Waals surface area contributed by atoms with Crippen LogP contribution in [0.1, 0.15) is 12.1 Å². The first kappa shape index (κ1) is 29.7. The van der Waals surface area contributed by atoms with Gasteiger partial charge in [-0.2, -0.15) is 0 Å². The summed E-state index contributed by atoms with van der Waals surface area (Å²) in [6.45, 7) is -0.120. The minimum absolute atomic E-state index is 0.172. The first-order chi connectivity index (χ1) is 20.9. The van der Waals surface area contributed by atoms with Gasteiger partial charge in [0.25, 0.3) is 0 Å². The molecule has 228 valence electrons. The van der Waals surface area contributed by atoms with Gasteiger partial charge in [0, 0.05) is 18.2 Å². The Kier molecular flexibility index (Phi) is 8.81. The lowest BCUT2D eigenvalue weighted by atomic mass is 9.97. The number of methoxy groups -OCH3 is 1. The standard InChI is InChI=1S/C28H30F2N6O6S/c1-40-27-24(36-11-20(32-34-36)16-5-3-7-18(30)9-16)26(39)22(12-37)42-28(27)43-23-14-41-13-21(25(23)38)35-10-19(31-33-35)15-4-2-6-17(29)8-15/h2-11,21-28,37-39H,12-14H2,1H3/t21-,22+,23+,24-,25+,26-,27+,28-/m0/s1. The van der Waals surface area contributed by atoms with E-state index < -0.39 is 65.4 Å². The van der Waals surface area contributed by atoms with Crippen molar-refractivity contribution in [1.82, 2.24) is 30.0 Å². The Morgan fingerprint density at radius 2 is 1.56 bits per heavy atom. The molecule has 15 heteroatoms. The second-order valence-electron chi connectivity index (χ2n) is 10.4. The Bertz CT molecular complexity index is 1540. The molecule has 6 rings (SSSR count). The molecule has 0 amide bonds. The smallest absolute Gasteiger partial charge is 0.132 e. The average molecular weight is 617 g/mol. The number of aliphatic hydroxyl groups excluding tert-OH is 3. The van der Waals surface area contributed by atoms with Crippen LogP contribution >= 0.6 is 11.8 Å². The van der Waals surface area contributed by atoms with E-state index in [0.29, 0.717) is 22.5 Å². The highest BCUT2D eigenvalue weighted by molar-refractivity contribution is 8.00. The molecular formula is C28H30F2N6O6S. The van der Waals surface area contributed by atoms with E-state index >= 15 is 0 Å². The lowest BCUT2D eigenvalue weighted by Crippen LogP contribution is -2.56. The second kappa shape index (κ2) is 12.7. The largest absolute Gasteiger partial charge is 0.394 e. The SMILES string of the molecule is CO[C@@H]1[C@@H](n2cc(-c3cccc(F)c3)nn2)[C@@H](O)[C@@H](CO)O[C@H]1S[C@@H]1COC[C@H](n2cc(-c3cccc(F)c3)nn2)[C@H]1O. The summed E-state index contributed by atoms with van der Waals surface area (Å²) in [6, 6.07) is 10.5. The van der Waals surface area contributed by atoms with Crippen LogP contribution in [0.4, 0.5) is 8.78 Å². The van der Waals surface area contributed by atoms with Gasteiger partial charge in [-0.1, -0.05) is 34.7 Å². The Morgan fingerprint density at radius 1 is 0.930 bits per heavy atom. The number of hydrogen-bond donors (Lipinski definition) is 3. The number of thioether (sulfide) groups is 1. The van der Waals surface area contributed by atoms with Crippen LogP contribution in [0, 0.1) is 11.6 Å². The molecular weight excluding hydrogens is 586 g/mol. The molecule has 0 saturated carbocycles. The van der Waals surface area contributed by atoms with Crippen molar-refractivity contribution in [3.8, 4) is 22.5 Å². The van der Waals surface area contributed by atoms with Crippen molar-refractivity contribution < 1.29 is 38.3 Å². The lowest BCUT2D eigenvalue weighted by Gasteiger charge is -2.45. The molecule has 12 nitrogen and oxygen atoms in total. The maximum atomic E-state index is 13.8. The maximum absolute atomic E-state index is 13.8. The molecule has 2 aromatic carbocycles. The van der Waals surface area contributed by atoms with Crippen molar-refractivity contribution in [2.24, 2.45) is 0 Å². The lowest BCUT2D eigenvalue weighted by molar-refractivity contribution is -0.186.